The van der Waals surface area contributed by atoms with Gasteiger partial charge >= 0.3 is 0 Å². The van der Waals surface area contributed by atoms with Crippen LogP contribution in [0.3, 0.4) is 0 Å². The Morgan fingerprint density at radius 1 is 1.39 bits per heavy atom. The number of rotatable bonds is 1. The number of hydrogen-bond donors (Lipinski definition) is 0. The first kappa shape index (κ1) is 11.8. The minimum absolute atomic E-state index is 0.0656. The number of carbonyl (C=O) groups excluding carboxylic acids is 2. The van der Waals surface area contributed by atoms with Gasteiger partial charge in [-0.1, -0.05) is 20.8 Å². The Bertz CT molecular complexity index is 523. The molecule has 96 valence electrons. The molecule has 1 aromatic heterocycles. The number of amides is 2. The normalized spacial score (nSPS) is 34.2. The van der Waals surface area contributed by atoms with E-state index in [9.17, 15) is 9.59 Å². The number of fused-ring (bicyclic) bond motifs is 2. The Balaban J connectivity index is 2.12. The number of piperidine rings is 1. The second-order valence-electron chi connectivity index (χ2n) is 5.94. The highest BCUT2D eigenvalue weighted by atomic mass is 32.1. The molecular formula is C13H16N2O2S. The van der Waals surface area contributed by atoms with E-state index in [1.54, 1.807) is 11.6 Å². The molecule has 0 aromatic carbocycles. The fourth-order valence-corrected chi connectivity index (χ4v) is 3.97. The van der Waals surface area contributed by atoms with Crippen LogP contribution in [0.4, 0.5) is 5.13 Å². The molecule has 18 heavy (non-hydrogen) atoms. The standard InChI is InChI=1S/C13H16N2O2S/c1-12(2)8-4-5-13(12,3)10(17)15(9(8)16)11-14-6-7-18-11/h6-8H,4-5H2,1-3H3/t8-,13-/m1/s1. The summed E-state index contributed by atoms with van der Waals surface area (Å²) in [6.45, 7) is 6.07. The molecule has 2 amide bonds. The lowest BCUT2D eigenvalue weighted by molar-refractivity contribution is -0.146. The van der Waals surface area contributed by atoms with E-state index < -0.39 is 5.41 Å². The molecular weight excluding hydrogens is 248 g/mol. The second-order valence-corrected chi connectivity index (χ2v) is 6.81. The molecule has 1 saturated carbocycles. The van der Waals surface area contributed by atoms with E-state index in [1.165, 1.54) is 16.2 Å². The topological polar surface area (TPSA) is 50.3 Å². The molecule has 3 rings (SSSR count). The largest absolute Gasteiger partial charge is 0.274 e. The van der Waals surface area contributed by atoms with Gasteiger partial charge in [0, 0.05) is 17.5 Å². The fourth-order valence-electron chi connectivity index (χ4n) is 3.33. The van der Waals surface area contributed by atoms with Crippen molar-refractivity contribution in [1.82, 2.24) is 4.98 Å². The van der Waals surface area contributed by atoms with Crippen LogP contribution < -0.4 is 4.90 Å². The molecule has 0 spiro atoms. The van der Waals surface area contributed by atoms with Gasteiger partial charge in [0.05, 0.1) is 5.41 Å². The summed E-state index contributed by atoms with van der Waals surface area (Å²) < 4.78 is 0. The SMILES string of the molecule is CC1(C)[C@@H]2CC[C@]1(C)C(=O)N(c1nccs1)C2=O. The number of carbonyl (C=O) groups is 2. The maximum Gasteiger partial charge on any atom is 0.242 e. The van der Waals surface area contributed by atoms with E-state index >= 15 is 0 Å². The van der Waals surface area contributed by atoms with E-state index in [0.29, 0.717) is 5.13 Å². The summed E-state index contributed by atoms with van der Waals surface area (Å²) in [6.07, 6.45) is 3.22. The van der Waals surface area contributed by atoms with E-state index in [0.717, 1.165) is 12.8 Å². The predicted molar refractivity (Wildman–Crippen MR) is 69.2 cm³/mol. The number of thiazole rings is 1. The zero-order chi connectivity index (χ0) is 13.1. The van der Waals surface area contributed by atoms with Gasteiger partial charge in [0.15, 0.2) is 5.13 Å². The van der Waals surface area contributed by atoms with Crippen LogP contribution in [-0.2, 0) is 9.59 Å². The first-order valence-electron chi connectivity index (χ1n) is 6.17. The Morgan fingerprint density at radius 2 is 2.11 bits per heavy atom. The van der Waals surface area contributed by atoms with Crippen molar-refractivity contribution in [2.75, 3.05) is 4.90 Å². The van der Waals surface area contributed by atoms with Gasteiger partial charge in [0.25, 0.3) is 0 Å². The first-order chi connectivity index (χ1) is 8.39. The van der Waals surface area contributed by atoms with Crippen molar-refractivity contribution in [2.45, 2.75) is 33.6 Å². The summed E-state index contributed by atoms with van der Waals surface area (Å²) >= 11 is 1.34. The molecule has 2 aliphatic rings. The lowest BCUT2D eigenvalue weighted by Gasteiger charge is -2.46. The first-order valence-corrected chi connectivity index (χ1v) is 7.05. The highest BCUT2D eigenvalue weighted by Gasteiger charge is 2.65. The molecule has 2 bridgehead atoms. The minimum atomic E-state index is -0.447. The van der Waals surface area contributed by atoms with E-state index in [-0.39, 0.29) is 23.1 Å². The van der Waals surface area contributed by atoms with E-state index in [4.69, 9.17) is 0 Å². The maximum atomic E-state index is 12.7. The number of anilines is 1. The molecule has 4 nitrogen and oxygen atoms in total. The van der Waals surface area contributed by atoms with Crippen molar-refractivity contribution in [3.05, 3.63) is 11.6 Å². The molecule has 2 fully saturated rings. The van der Waals surface area contributed by atoms with Crippen molar-refractivity contribution in [3.8, 4) is 0 Å². The summed E-state index contributed by atoms with van der Waals surface area (Å²) in [5.41, 5.74) is -0.702. The lowest BCUT2D eigenvalue weighted by Crippen LogP contribution is -2.59. The highest BCUT2D eigenvalue weighted by Crippen LogP contribution is 2.60. The molecule has 1 aromatic rings. The Morgan fingerprint density at radius 3 is 2.72 bits per heavy atom. The quantitative estimate of drug-likeness (QED) is 0.732. The van der Waals surface area contributed by atoms with E-state index in [2.05, 4.69) is 4.98 Å². The smallest absolute Gasteiger partial charge is 0.242 e. The second kappa shape index (κ2) is 3.41. The third-order valence-electron chi connectivity index (χ3n) is 5.03. The van der Waals surface area contributed by atoms with Gasteiger partial charge in [-0.2, -0.15) is 0 Å². The Labute approximate surface area is 110 Å². The molecule has 1 saturated heterocycles. The van der Waals surface area contributed by atoms with Crippen molar-refractivity contribution in [3.63, 3.8) is 0 Å². The van der Waals surface area contributed by atoms with Crippen LogP contribution in [0.25, 0.3) is 0 Å². The predicted octanol–water partition coefficient (Wildman–Crippen LogP) is 2.46. The molecule has 1 aliphatic carbocycles. The van der Waals surface area contributed by atoms with Crippen LogP contribution in [0.1, 0.15) is 33.6 Å². The average Bonchev–Trinajstić information content (AvgIpc) is 2.85. The molecule has 2 atom stereocenters. The zero-order valence-electron chi connectivity index (χ0n) is 10.8. The van der Waals surface area contributed by atoms with Gasteiger partial charge in [0.2, 0.25) is 11.8 Å². The summed E-state index contributed by atoms with van der Waals surface area (Å²) in [5.74, 6) is -0.222. The lowest BCUT2D eigenvalue weighted by atomic mass is 9.62. The summed E-state index contributed by atoms with van der Waals surface area (Å²) in [5, 5.41) is 2.30. The van der Waals surface area contributed by atoms with Gasteiger partial charge in [-0.05, 0) is 18.3 Å². The van der Waals surface area contributed by atoms with Crippen LogP contribution >= 0.6 is 11.3 Å². The Hall–Kier alpha value is -1.23. The van der Waals surface area contributed by atoms with Gasteiger partial charge < -0.3 is 0 Å². The van der Waals surface area contributed by atoms with Crippen LogP contribution in [0, 0.1) is 16.7 Å². The molecule has 5 heteroatoms. The third-order valence-corrected chi connectivity index (χ3v) is 5.79. The van der Waals surface area contributed by atoms with Gasteiger partial charge in [-0.15, -0.1) is 11.3 Å². The average molecular weight is 264 g/mol. The van der Waals surface area contributed by atoms with Gasteiger partial charge in [-0.25, -0.2) is 9.88 Å². The monoisotopic (exact) mass is 264 g/mol. The summed E-state index contributed by atoms with van der Waals surface area (Å²) in [7, 11) is 0. The van der Waals surface area contributed by atoms with Crippen LogP contribution in [0.5, 0.6) is 0 Å². The highest BCUT2D eigenvalue weighted by molar-refractivity contribution is 7.14. The summed E-state index contributed by atoms with van der Waals surface area (Å²) in [4.78, 5) is 30.7. The number of imide groups is 1. The Kier molecular flexibility index (Phi) is 2.24. The van der Waals surface area contributed by atoms with Crippen molar-refractivity contribution in [2.24, 2.45) is 16.7 Å². The van der Waals surface area contributed by atoms with Crippen LogP contribution in [0.15, 0.2) is 11.6 Å². The van der Waals surface area contributed by atoms with Gasteiger partial charge in [-0.3, -0.25) is 9.59 Å². The maximum absolute atomic E-state index is 12.7. The molecule has 0 unspecified atom stereocenters. The molecule has 0 N–H and O–H groups in total. The van der Waals surface area contributed by atoms with Crippen molar-refractivity contribution in [1.29, 1.82) is 0 Å². The van der Waals surface area contributed by atoms with Crippen molar-refractivity contribution < 1.29 is 9.59 Å². The van der Waals surface area contributed by atoms with Crippen LogP contribution in [-0.4, -0.2) is 16.8 Å². The van der Waals surface area contributed by atoms with Crippen LogP contribution in [0.2, 0.25) is 0 Å². The third kappa shape index (κ3) is 1.18. The van der Waals surface area contributed by atoms with Gasteiger partial charge in [0.1, 0.15) is 0 Å². The fraction of sp³-hybridized carbons (Fsp3) is 0.615. The van der Waals surface area contributed by atoms with Crippen molar-refractivity contribution >= 4 is 28.3 Å². The van der Waals surface area contributed by atoms with E-state index in [1.807, 2.05) is 20.8 Å². The number of aromatic nitrogens is 1. The number of nitrogens with zero attached hydrogens (tertiary/aromatic N) is 2. The molecule has 2 heterocycles. The minimum Gasteiger partial charge on any atom is -0.274 e. The zero-order valence-corrected chi connectivity index (χ0v) is 11.6. The molecule has 0 radical (unpaired) electrons. The number of hydrogen-bond acceptors (Lipinski definition) is 4. The molecule has 1 aliphatic heterocycles. The summed E-state index contributed by atoms with van der Waals surface area (Å²) in [6, 6.07) is 0.